The minimum Gasteiger partial charge on any atom is -0.497 e. The van der Waals surface area contributed by atoms with Crippen molar-refractivity contribution in [3.63, 3.8) is 0 Å². The Morgan fingerprint density at radius 3 is 2.82 bits per heavy atom. The first-order chi connectivity index (χ1) is 10.7. The number of nitrogens with zero attached hydrogens (tertiary/aromatic N) is 1. The molecule has 4 nitrogen and oxygen atoms in total. The number of ether oxygens (including phenoxy) is 2. The lowest BCUT2D eigenvalue weighted by atomic mass is 9.70. The van der Waals surface area contributed by atoms with E-state index < -0.39 is 0 Å². The van der Waals surface area contributed by atoms with Crippen molar-refractivity contribution >= 4 is 5.78 Å². The summed E-state index contributed by atoms with van der Waals surface area (Å²) >= 11 is 0. The first kappa shape index (κ1) is 14.0. The summed E-state index contributed by atoms with van der Waals surface area (Å²) in [5, 5.41) is 0. The molecule has 2 heterocycles. The maximum absolute atomic E-state index is 12.2. The van der Waals surface area contributed by atoms with Crippen LogP contribution in [-0.2, 0) is 21.5 Å². The van der Waals surface area contributed by atoms with Gasteiger partial charge in [-0.25, -0.2) is 0 Å². The van der Waals surface area contributed by atoms with E-state index in [4.69, 9.17) is 9.47 Å². The molecule has 0 radical (unpaired) electrons. The van der Waals surface area contributed by atoms with Gasteiger partial charge in [0.05, 0.1) is 12.6 Å². The Labute approximate surface area is 130 Å². The molecule has 1 aromatic rings. The molecule has 0 bridgehead atoms. The maximum atomic E-state index is 12.2. The lowest BCUT2D eigenvalue weighted by molar-refractivity contribution is -0.127. The summed E-state index contributed by atoms with van der Waals surface area (Å²) in [4.78, 5) is 14.8. The van der Waals surface area contributed by atoms with Crippen LogP contribution in [0.25, 0.3) is 0 Å². The molecule has 2 aliphatic heterocycles. The van der Waals surface area contributed by atoms with Crippen molar-refractivity contribution < 1.29 is 14.3 Å². The van der Waals surface area contributed by atoms with Crippen LogP contribution in [0.5, 0.6) is 5.75 Å². The number of methoxy groups -OCH3 is 2. The fraction of sp³-hybridized carbons (Fsp3) is 0.500. The number of benzene rings is 1. The number of fused-ring (bicyclic) bond motifs is 1. The molecule has 2 atom stereocenters. The summed E-state index contributed by atoms with van der Waals surface area (Å²) in [5.41, 5.74) is 3.75. The highest BCUT2D eigenvalue weighted by Crippen LogP contribution is 2.52. The third-order valence-corrected chi connectivity index (χ3v) is 5.53. The van der Waals surface area contributed by atoms with E-state index in [-0.39, 0.29) is 17.4 Å². The van der Waals surface area contributed by atoms with Crippen LogP contribution < -0.4 is 4.74 Å². The molecule has 4 rings (SSSR count). The number of hydrogen-bond acceptors (Lipinski definition) is 4. The second kappa shape index (κ2) is 4.93. The van der Waals surface area contributed by atoms with Crippen LogP contribution in [0.15, 0.2) is 29.8 Å². The van der Waals surface area contributed by atoms with Crippen LogP contribution in [0.1, 0.15) is 24.0 Å². The summed E-state index contributed by atoms with van der Waals surface area (Å²) in [6, 6.07) is 6.36. The van der Waals surface area contributed by atoms with Gasteiger partial charge in [0.1, 0.15) is 11.9 Å². The van der Waals surface area contributed by atoms with Gasteiger partial charge < -0.3 is 9.47 Å². The van der Waals surface area contributed by atoms with E-state index in [1.807, 2.05) is 12.1 Å². The Morgan fingerprint density at radius 1 is 1.23 bits per heavy atom. The Kier molecular flexibility index (Phi) is 3.13. The van der Waals surface area contributed by atoms with Crippen molar-refractivity contribution in [3.05, 3.63) is 41.0 Å². The molecule has 0 saturated carbocycles. The number of carbonyl (C=O) groups excluding carboxylic acids is 1. The molecule has 1 spiro atoms. The van der Waals surface area contributed by atoms with Crippen LogP contribution >= 0.6 is 0 Å². The standard InChI is InChI=1S/C18H21NO3/c1-21-14-4-3-12-5-7-19-8-6-13-9-16(20)17(22-2)11-18(13,19)15(12)10-14/h3-4,9-10,17H,5-8,11H2,1-2H3/t17-,18+/m1/s1. The normalized spacial score (nSPS) is 30.4. The predicted octanol–water partition coefficient (Wildman–Crippen LogP) is 2.07. The third-order valence-electron chi connectivity index (χ3n) is 5.53. The van der Waals surface area contributed by atoms with Crippen molar-refractivity contribution in [3.8, 4) is 5.75 Å². The highest BCUT2D eigenvalue weighted by Gasteiger charge is 2.53. The zero-order valence-electron chi connectivity index (χ0n) is 13.1. The monoisotopic (exact) mass is 299 g/mol. The second-order valence-electron chi connectivity index (χ2n) is 6.37. The smallest absolute Gasteiger partial charge is 0.184 e. The van der Waals surface area contributed by atoms with Gasteiger partial charge in [-0.3, -0.25) is 9.69 Å². The van der Waals surface area contributed by atoms with Gasteiger partial charge in [-0.1, -0.05) is 6.07 Å². The van der Waals surface area contributed by atoms with Crippen LogP contribution in [-0.4, -0.2) is 44.1 Å². The molecule has 22 heavy (non-hydrogen) atoms. The first-order valence-electron chi connectivity index (χ1n) is 7.89. The fourth-order valence-electron chi connectivity index (χ4n) is 4.44. The highest BCUT2D eigenvalue weighted by molar-refractivity contribution is 5.96. The van der Waals surface area contributed by atoms with Gasteiger partial charge in [-0.15, -0.1) is 0 Å². The molecule has 1 fully saturated rings. The van der Waals surface area contributed by atoms with E-state index in [1.165, 1.54) is 16.7 Å². The summed E-state index contributed by atoms with van der Waals surface area (Å²) in [7, 11) is 3.33. The SMILES string of the molecule is COc1ccc2c(c1)[C@]13C[C@@H](OC)C(=O)C=C1CCN3CC2. The second-order valence-corrected chi connectivity index (χ2v) is 6.37. The quantitative estimate of drug-likeness (QED) is 0.838. The van der Waals surface area contributed by atoms with Crippen LogP contribution in [0, 0.1) is 0 Å². The minimum atomic E-state index is -0.346. The highest BCUT2D eigenvalue weighted by atomic mass is 16.5. The first-order valence-corrected chi connectivity index (χ1v) is 7.89. The van der Waals surface area contributed by atoms with E-state index in [2.05, 4.69) is 17.0 Å². The average molecular weight is 299 g/mol. The lowest BCUT2D eigenvalue weighted by Crippen LogP contribution is -2.52. The average Bonchev–Trinajstić information content (AvgIpc) is 2.92. The zero-order valence-corrected chi connectivity index (χ0v) is 13.1. The van der Waals surface area contributed by atoms with Crippen molar-refractivity contribution in [1.29, 1.82) is 0 Å². The fourth-order valence-corrected chi connectivity index (χ4v) is 4.44. The molecule has 1 aromatic carbocycles. The van der Waals surface area contributed by atoms with Crippen LogP contribution in [0.4, 0.5) is 0 Å². The van der Waals surface area contributed by atoms with Crippen molar-refractivity contribution in [2.75, 3.05) is 27.3 Å². The predicted molar refractivity (Wildman–Crippen MR) is 83.1 cm³/mol. The number of rotatable bonds is 2. The molecule has 4 heteroatoms. The maximum Gasteiger partial charge on any atom is 0.184 e. The molecule has 0 aromatic heterocycles. The lowest BCUT2D eigenvalue weighted by Gasteiger charge is -2.47. The van der Waals surface area contributed by atoms with Gasteiger partial charge in [0.2, 0.25) is 0 Å². The molecule has 0 unspecified atom stereocenters. The summed E-state index contributed by atoms with van der Waals surface area (Å²) in [6.45, 7) is 2.06. The summed E-state index contributed by atoms with van der Waals surface area (Å²) in [5.74, 6) is 0.993. The van der Waals surface area contributed by atoms with Crippen molar-refractivity contribution in [1.82, 2.24) is 4.90 Å². The molecular weight excluding hydrogens is 278 g/mol. The van der Waals surface area contributed by atoms with Gasteiger partial charge in [0, 0.05) is 26.6 Å². The van der Waals surface area contributed by atoms with Gasteiger partial charge in [0.15, 0.2) is 5.78 Å². The Bertz CT molecular complexity index is 666. The van der Waals surface area contributed by atoms with Crippen molar-refractivity contribution in [2.45, 2.75) is 30.9 Å². The molecule has 3 aliphatic rings. The Morgan fingerprint density at radius 2 is 2.05 bits per heavy atom. The molecule has 0 amide bonds. The Hall–Kier alpha value is -1.65. The molecular formula is C18H21NO3. The largest absolute Gasteiger partial charge is 0.497 e. The zero-order chi connectivity index (χ0) is 15.3. The van der Waals surface area contributed by atoms with E-state index in [0.29, 0.717) is 6.42 Å². The molecule has 116 valence electrons. The van der Waals surface area contributed by atoms with Crippen molar-refractivity contribution in [2.24, 2.45) is 0 Å². The van der Waals surface area contributed by atoms with Gasteiger partial charge >= 0.3 is 0 Å². The van der Waals surface area contributed by atoms with E-state index >= 15 is 0 Å². The summed E-state index contributed by atoms with van der Waals surface area (Å²) in [6.07, 6.45) is 4.24. The van der Waals surface area contributed by atoms with E-state index in [1.54, 1.807) is 14.2 Å². The van der Waals surface area contributed by atoms with Gasteiger partial charge in [-0.2, -0.15) is 0 Å². The van der Waals surface area contributed by atoms with E-state index in [9.17, 15) is 4.79 Å². The minimum absolute atomic E-state index is 0.111. The molecule has 0 N–H and O–H groups in total. The Balaban J connectivity index is 1.92. The van der Waals surface area contributed by atoms with Gasteiger partial charge in [-0.05, 0) is 47.8 Å². The van der Waals surface area contributed by atoms with E-state index in [0.717, 1.165) is 31.7 Å². The molecule has 1 aliphatic carbocycles. The summed E-state index contributed by atoms with van der Waals surface area (Å²) < 4.78 is 10.9. The molecule has 1 saturated heterocycles. The van der Waals surface area contributed by atoms with Gasteiger partial charge in [0.25, 0.3) is 0 Å². The third kappa shape index (κ3) is 1.74. The van der Waals surface area contributed by atoms with Crippen LogP contribution in [0.2, 0.25) is 0 Å². The number of hydrogen-bond donors (Lipinski definition) is 0. The number of carbonyl (C=O) groups is 1. The van der Waals surface area contributed by atoms with Crippen LogP contribution in [0.3, 0.4) is 0 Å². The number of ketones is 1. The topological polar surface area (TPSA) is 38.8 Å².